The van der Waals surface area contributed by atoms with Crippen molar-refractivity contribution in [1.82, 2.24) is 10.2 Å². The number of carbonyl (C=O) groups excluding carboxylic acids is 2. The second-order valence-corrected chi connectivity index (χ2v) is 4.10. The van der Waals surface area contributed by atoms with Gasteiger partial charge in [0, 0.05) is 13.0 Å². The molecule has 2 N–H and O–H groups in total. The SMILES string of the molecule is O=C1CCC(C(=O)N2CCOCC2CO)N1. The summed E-state index contributed by atoms with van der Waals surface area (Å²) in [5.74, 6) is -0.180. The Bertz CT molecular complexity index is 295. The van der Waals surface area contributed by atoms with E-state index < -0.39 is 6.04 Å². The number of ether oxygens (including phenoxy) is 1. The summed E-state index contributed by atoms with van der Waals surface area (Å²) in [5.41, 5.74) is 0. The van der Waals surface area contributed by atoms with Crippen LogP contribution < -0.4 is 5.32 Å². The van der Waals surface area contributed by atoms with Crippen LogP contribution >= 0.6 is 0 Å². The van der Waals surface area contributed by atoms with Gasteiger partial charge < -0.3 is 20.1 Å². The average molecular weight is 228 g/mol. The van der Waals surface area contributed by atoms with Crippen molar-refractivity contribution in [3.8, 4) is 0 Å². The largest absolute Gasteiger partial charge is 0.394 e. The molecule has 6 nitrogen and oxygen atoms in total. The third-order valence-electron chi connectivity index (χ3n) is 3.01. The van der Waals surface area contributed by atoms with Crippen molar-refractivity contribution in [1.29, 1.82) is 0 Å². The van der Waals surface area contributed by atoms with Gasteiger partial charge in [0.05, 0.1) is 25.9 Å². The maximum atomic E-state index is 12.1. The number of carbonyl (C=O) groups is 2. The van der Waals surface area contributed by atoms with Gasteiger partial charge >= 0.3 is 0 Å². The van der Waals surface area contributed by atoms with Crippen molar-refractivity contribution < 1.29 is 19.4 Å². The molecule has 2 fully saturated rings. The number of nitrogens with one attached hydrogen (secondary N) is 1. The number of aliphatic hydroxyl groups is 1. The maximum Gasteiger partial charge on any atom is 0.245 e. The van der Waals surface area contributed by atoms with Crippen LogP contribution in [0.4, 0.5) is 0 Å². The van der Waals surface area contributed by atoms with Gasteiger partial charge in [0.2, 0.25) is 11.8 Å². The Morgan fingerprint density at radius 2 is 2.44 bits per heavy atom. The molecule has 90 valence electrons. The molecule has 6 heteroatoms. The van der Waals surface area contributed by atoms with Crippen LogP contribution in [0.3, 0.4) is 0 Å². The van der Waals surface area contributed by atoms with Gasteiger partial charge in [-0.3, -0.25) is 9.59 Å². The molecule has 2 aliphatic rings. The predicted molar refractivity (Wildman–Crippen MR) is 54.6 cm³/mol. The topological polar surface area (TPSA) is 78.9 Å². The van der Waals surface area contributed by atoms with E-state index in [4.69, 9.17) is 9.84 Å². The van der Waals surface area contributed by atoms with Crippen molar-refractivity contribution in [3.05, 3.63) is 0 Å². The lowest BCUT2D eigenvalue weighted by atomic mass is 10.1. The molecule has 2 atom stereocenters. The molecule has 0 aromatic carbocycles. The van der Waals surface area contributed by atoms with Gasteiger partial charge in [-0.15, -0.1) is 0 Å². The fourth-order valence-electron chi connectivity index (χ4n) is 2.10. The first-order valence-corrected chi connectivity index (χ1v) is 5.51. The van der Waals surface area contributed by atoms with Crippen molar-refractivity contribution in [2.24, 2.45) is 0 Å². The summed E-state index contributed by atoms with van der Waals surface area (Å²) in [4.78, 5) is 24.7. The smallest absolute Gasteiger partial charge is 0.245 e. The minimum Gasteiger partial charge on any atom is -0.394 e. The van der Waals surface area contributed by atoms with Gasteiger partial charge in [-0.05, 0) is 6.42 Å². The molecule has 2 rings (SSSR count). The van der Waals surface area contributed by atoms with Gasteiger partial charge in [0.15, 0.2) is 0 Å². The molecule has 0 aromatic rings. The number of hydrogen-bond donors (Lipinski definition) is 2. The van der Waals surface area contributed by atoms with Crippen LogP contribution in [-0.2, 0) is 14.3 Å². The molecule has 2 amide bonds. The molecule has 2 heterocycles. The predicted octanol–water partition coefficient (Wildman–Crippen LogP) is -1.52. The van der Waals surface area contributed by atoms with Gasteiger partial charge in [-0.2, -0.15) is 0 Å². The van der Waals surface area contributed by atoms with E-state index in [0.717, 1.165) is 0 Å². The summed E-state index contributed by atoms with van der Waals surface area (Å²) in [6, 6.07) is -0.696. The molecule has 0 radical (unpaired) electrons. The monoisotopic (exact) mass is 228 g/mol. The zero-order chi connectivity index (χ0) is 11.5. The molecule has 0 aromatic heterocycles. The number of amides is 2. The lowest BCUT2D eigenvalue weighted by Crippen LogP contribution is -2.55. The molecule has 0 spiro atoms. The van der Waals surface area contributed by atoms with Crippen LogP contribution in [0.1, 0.15) is 12.8 Å². The quantitative estimate of drug-likeness (QED) is 0.602. The van der Waals surface area contributed by atoms with Gasteiger partial charge in [0.25, 0.3) is 0 Å². The Morgan fingerprint density at radius 3 is 3.06 bits per heavy atom. The van der Waals surface area contributed by atoms with E-state index in [2.05, 4.69) is 5.32 Å². The second-order valence-electron chi connectivity index (χ2n) is 4.10. The van der Waals surface area contributed by atoms with Gasteiger partial charge in [-0.1, -0.05) is 0 Å². The molecular weight excluding hydrogens is 212 g/mol. The third kappa shape index (κ3) is 2.17. The Balaban J connectivity index is 1.99. The van der Waals surface area contributed by atoms with E-state index in [-0.39, 0.29) is 24.5 Å². The van der Waals surface area contributed by atoms with E-state index in [1.807, 2.05) is 0 Å². The zero-order valence-electron chi connectivity index (χ0n) is 9.02. The fourth-order valence-corrected chi connectivity index (χ4v) is 2.10. The second kappa shape index (κ2) is 4.80. The first-order valence-electron chi connectivity index (χ1n) is 5.51. The molecule has 16 heavy (non-hydrogen) atoms. The summed E-state index contributed by atoms with van der Waals surface area (Å²) in [6.07, 6.45) is 0.956. The van der Waals surface area contributed by atoms with Crippen LogP contribution in [0.5, 0.6) is 0 Å². The number of nitrogens with zero attached hydrogens (tertiary/aromatic N) is 1. The summed E-state index contributed by atoms with van der Waals surface area (Å²) >= 11 is 0. The van der Waals surface area contributed by atoms with Crippen LogP contribution in [0.15, 0.2) is 0 Å². The van der Waals surface area contributed by atoms with Crippen LogP contribution in [0.25, 0.3) is 0 Å². The van der Waals surface area contributed by atoms with Crippen molar-refractivity contribution in [2.75, 3.05) is 26.4 Å². The maximum absolute atomic E-state index is 12.1. The van der Waals surface area contributed by atoms with Crippen molar-refractivity contribution in [3.63, 3.8) is 0 Å². The summed E-state index contributed by atoms with van der Waals surface area (Å²) in [5, 5.41) is 11.8. The molecular formula is C10H16N2O4. The van der Waals surface area contributed by atoms with Crippen molar-refractivity contribution in [2.45, 2.75) is 24.9 Å². The Morgan fingerprint density at radius 1 is 1.62 bits per heavy atom. The van der Waals surface area contributed by atoms with E-state index in [0.29, 0.717) is 32.6 Å². The van der Waals surface area contributed by atoms with Crippen molar-refractivity contribution >= 4 is 11.8 Å². The zero-order valence-corrected chi connectivity index (χ0v) is 9.02. The summed E-state index contributed by atoms with van der Waals surface area (Å²) < 4.78 is 5.20. The molecule has 0 saturated carbocycles. The minimum absolute atomic E-state index is 0.0767. The normalized spacial score (nSPS) is 30.3. The van der Waals surface area contributed by atoms with Crippen LogP contribution in [0, 0.1) is 0 Å². The van der Waals surface area contributed by atoms with Crippen LogP contribution in [0.2, 0.25) is 0 Å². The Labute approximate surface area is 93.6 Å². The molecule has 0 bridgehead atoms. The Kier molecular flexibility index (Phi) is 3.40. The van der Waals surface area contributed by atoms with Crippen LogP contribution in [-0.4, -0.2) is 60.3 Å². The lowest BCUT2D eigenvalue weighted by molar-refractivity contribution is -0.144. The average Bonchev–Trinajstić information content (AvgIpc) is 2.75. The highest BCUT2D eigenvalue weighted by Crippen LogP contribution is 2.14. The van der Waals surface area contributed by atoms with E-state index in [1.165, 1.54) is 0 Å². The Hall–Kier alpha value is -1.14. The highest BCUT2D eigenvalue weighted by molar-refractivity contribution is 5.91. The highest BCUT2D eigenvalue weighted by Gasteiger charge is 2.35. The first-order chi connectivity index (χ1) is 7.72. The third-order valence-corrected chi connectivity index (χ3v) is 3.01. The number of hydrogen-bond acceptors (Lipinski definition) is 4. The first kappa shape index (κ1) is 11.3. The summed E-state index contributed by atoms with van der Waals surface area (Å²) in [6.45, 7) is 1.23. The minimum atomic E-state index is -0.417. The number of rotatable bonds is 2. The molecule has 2 aliphatic heterocycles. The van der Waals surface area contributed by atoms with E-state index >= 15 is 0 Å². The standard InChI is InChI=1S/C10H16N2O4/c13-5-7-6-16-4-3-12(7)10(15)8-1-2-9(14)11-8/h7-8,13H,1-6H2,(H,11,14). The molecule has 2 unspecified atom stereocenters. The van der Waals surface area contributed by atoms with Gasteiger partial charge in [-0.25, -0.2) is 0 Å². The number of morpholine rings is 1. The lowest BCUT2D eigenvalue weighted by Gasteiger charge is -2.35. The van der Waals surface area contributed by atoms with E-state index in [1.54, 1.807) is 4.90 Å². The van der Waals surface area contributed by atoms with Gasteiger partial charge in [0.1, 0.15) is 6.04 Å². The number of aliphatic hydroxyl groups excluding tert-OH is 1. The molecule has 2 saturated heterocycles. The van der Waals surface area contributed by atoms with E-state index in [9.17, 15) is 9.59 Å². The molecule has 0 aliphatic carbocycles. The highest BCUT2D eigenvalue weighted by atomic mass is 16.5. The fraction of sp³-hybridized carbons (Fsp3) is 0.800. The summed E-state index contributed by atoms with van der Waals surface area (Å²) in [7, 11) is 0.